The molecule has 2 N–H and O–H groups in total. The summed E-state index contributed by atoms with van der Waals surface area (Å²) in [5.74, 6) is 1.75. The summed E-state index contributed by atoms with van der Waals surface area (Å²) in [5, 5.41) is 19.9. The minimum Gasteiger partial charge on any atom is -0.504 e. The molecule has 0 atom stereocenters. The van der Waals surface area contributed by atoms with Crippen LogP contribution in [0.15, 0.2) is 24.3 Å². The molecule has 6 heteroatoms. The molecular weight excluding hydrogens is 300 g/mol. The Morgan fingerprint density at radius 2 is 1.52 bits per heavy atom. The smallest absolute Gasteiger partial charge is 0.231 e. The molecule has 3 rings (SSSR count). The van der Waals surface area contributed by atoms with E-state index in [9.17, 15) is 10.2 Å². The van der Waals surface area contributed by atoms with Gasteiger partial charge >= 0.3 is 0 Å². The number of benzene rings is 2. The van der Waals surface area contributed by atoms with Crippen molar-refractivity contribution in [3.63, 3.8) is 0 Å². The Morgan fingerprint density at radius 1 is 0.913 bits per heavy atom. The van der Waals surface area contributed by atoms with Gasteiger partial charge in [0.15, 0.2) is 23.0 Å². The topological polar surface area (TPSA) is 77.4 Å². The number of fused-ring (bicyclic) bond motifs is 1. The van der Waals surface area contributed by atoms with Crippen molar-refractivity contribution in [3.05, 3.63) is 35.4 Å². The van der Waals surface area contributed by atoms with Crippen molar-refractivity contribution in [1.29, 1.82) is 0 Å². The normalized spacial score (nSPS) is 12.3. The van der Waals surface area contributed by atoms with E-state index in [2.05, 4.69) is 0 Å². The maximum absolute atomic E-state index is 9.93. The van der Waals surface area contributed by atoms with Crippen LogP contribution in [0.2, 0.25) is 0 Å². The van der Waals surface area contributed by atoms with Crippen LogP contribution in [0.1, 0.15) is 11.1 Å². The largest absolute Gasteiger partial charge is 0.504 e. The molecule has 0 unspecified atom stereocenters. The molecule has 0 aliphatic carbocycles. The summed E-state index contributed by atoms with van der Waals surface area (Å²) < 4.78 is 20.8. The van der Waals surface area contributed by atoms with Crippen molar-refractivity contribution in [2.45, 2.75) is 12.8 Å². The van der Waals surface area contributed by atoms with Gasteiger partial charge < -0.3 is 29.2 Å². The molecular formula is C17H18O6. The third-order valence-corrected chi connectivity index (χ3v) is 3.75. The Kier molecular flexibility index (Phi) is 4.06. The van der Waals surface area contributed by atoms with Crippen molar-refractivity contribution in [1.82, 2.24) is 0 Å². The number of hydrogen-bond acceptors (Lipinski definition) is 6. The summed E-state index contributed by atoms with van der Waals surface area (Å²) in [6.07, 6.45) is 1.37. The first-order valence-electron chi connectivity index (χ1n) is 7.17. The summed E-state index contributed by atoms with van der Waals surface area (Å²) >= 11 is 0. The average molecular weight is 318 g/mol. The van der Waals surface area contributed by atoms with Crippen LogP contribution >= 0.6 is 0 Å². The molecule has 1 heterocycles. The van der Waals surface area contributed by atoms with E-state index < -0.39 is 0 Å². The Hall–Kier alpha value is -2.76. The number of ether oxygens (including phenoxy) is 4. The molecule has 0 aromatic heterocycles. The summed E-state index contributed by atoms with van der Waals surface area (Å²) in [6.45, 7) is 0.124. The Bertz CT molecular complexity index is 700. The highest BCUT2D eigenvalue weighted by atomic mass is 16.7. The highest BCUT2D eigenvalue weighted by molar-refractivity contribution is 5.55. The van der Waals surface area contributed by atoms with Crippen molar-refractivity contribution in [2.24, 2.45) is 0 Å². The Labute approximate surface area is 133 Å². The van der Waals surface area contributed by atoms with Crippen LogP contribution in [-0.4, -0.2) is 31.2 Å². The molecule has 2 aromatic carbocycles. The lowest BCUT2D eigenvalue weighted by Gasteiger charge is -2.11. The van der Waals surface area contributed by atoms with E-state index in [-0.39, 0.29) is 18.3 Å². The molecule has 0 spiro atoms. The van der Waals surface area contributed by atoms with Crippen molar-refractivity contribution >= 4 is 0 Å². The lowest BCUT2D eigenvalue weighted by molar-refractivity contribution is 0.171. The molecule has 6 nitrogen and oxygen atoms in total. The molecule has 23 heavy (non-hydrogen) atoms. The molecule has 0 amide bonds. The number of phenols is 2. The van der Waals surface area contributed by atoms with E-state index in [4.69, 9.17) is 18.9 Å². The first-order valence-corrected chi connectivity index (χ1v) is 7.17. The van der Waals surface area contributed by atoms with E-state index in [1.807, 2.05) is 6.07 Å². The van der Waals surface area contributed by atoms with Crippen LogP contribution in [0, 0.1) is 0 Å². The zero-order chi connectivity index (χ0) is 16.4. The summed E-state index contributed by atoms with van der Waals surface area (Å²) in [4.78, 5) is 0. The minimum absolute atomic E-state index is 0.0144. The number of phenolic OH excluding ortho intramolecular Hbond substituents is 2. The second kappa shape index (κ2) is 6.16. The van der Waals surface area contributed by atoms with Crippen LogP contribution < -0.4 is 18.9 Å². The summed E-state index contributed by atoms with van der Waals surface area (Å²) in [7, 11) is 2.99. The fourth-order valence-corrected chi connectivity index (χ4v) is 2.57. The lowest BCUT2D eigenvalue weighted by atomic mass is 10.0. The maximum atomic E-state index is 9.93. The van der Waals surface area contributed by atoms with Crippen molar-refractivity contribution in [2.75, 3.05) is 21.0 Å². The zero-order valence-electron chi connectivity index (χ0n) is 13.0. The quantitative estimate of drug-likeness (QED) is 0.882. The summed E-state index contributed by atoms with van der Waals surface area (Å²) in [5.41, 5.74) is 1.88. The van der Waals surface area contributed by atoms with Gasteiger partial charge in [0, 0.05) is 0 Å². The van der Waals surface area contributed by atoms with Gasteiger partial charge in [0.25, 0.3) is 0 Å². The second-order valence-corrected chi connectivity index (χ2v) is 5.20. The molecule has 0 saturated heterocycles. The summed E-state index contributed by atoms with van der Waals surface area (Å²) in [6, 6.07) is 7.06. The number of hydrogen-bond donors (Lipinski definition) is 2. The van der Waals surface area contributed by atoms with Crippen LogP contribution in [0.4, 0.5) is 0 Å². The van der Waals surface area contributed by atoms with E-state index in [1.165, 1.54) is 14.2 Å². The Balaban J connectivity index is 1.80. The number of aryl methyl sites for hydroxylation is 2. The van der Waals surface area contributed by atoms with Gasteiger partial charge in [-0.2, -0.15) is 0 Å². The lowest BCUT2D eigenvalue weighted by Crippen LogP contribution is -1.96. The van der Waals surface area contributed by atoms with Gasteiger partial charge in [-0.25, -0.2) is 0 Å². The van der Waals surface area contributed by atoms with E-state index in [1.54, 1.807) is 18.2 Å². The SMILES string of the molecule is COc1cc(CCc2cc(O)c3c(c2)OCO3)cc(OC)c1O. The van der Waals surface area contributed by atoms with E-state index >= 15 is 0 Å². The first kappa shape index (κ1) is 15.1. The number of aromatic hydroxyl groups is 2. The van der Waals surface area contributed by atoms with Crippen molar-refractivity contribution < 1.29 is 29.2 Å². The molecule has 1 aliphatic heterocycles. The molecule has 0 radical (unpaired) electrons. The van der Waals surface area contributed by atoms with Crippen LogP contribution in [-0.2, 0) is 12.8 Å². The molecule has 0 bridgehead atoms. The van der Waals surface area contributed by atoms with Gasteiger partial charge in [-0.15, -0.1) is 0 Å². The maximum Gasteiger partial charge on any atom is 0.231 e. The fourth-order valence-electron chi connectivity index (χ4n) is 2.57. The predicted molar refractivity (Wildman–Crippen MR) is 82.8 cm³/mol. The first-order chi connectivity index (χ1) is 11.1. The molecule has 1 aliphatic rings. The predicted octanol–water partition coefficient (Wildman–Crippen LogP) is 2.63. The third-order valence-electron chi connectivity index (χ3n) is 3.75. The highest BCUT2D eigenvalue weighted by Crippen LogP contribution is 2.41. The average Bonchev–Trinajstić information content (AvgIpc) is 3.03. The molecule has 0 saturated carbocycles. The van der Waals surface area contributed by atoms with Gasteiger partial charge in [-0.05, 0) is 48.2 Å². The molecule has 0 fully saturated rings. The Morgan fingerprint density at radius 3 is 2.13 bits per heavy atom. The van der Waals surface area contributed by atoms with E-state index in [0.717, 1.165) is 11.1 Å². The van der Waals surface area contributed by atoms with Gasteiger partial charge in [-0.3, -0.25) is 0 Å². The van der Waals surface area contributed by atoms with E-state index in [0.29, 0.717) is 35.8 Å². The molecule has 122 valence electrons. The number of rotatable bonds is 5. The van der Waals surface area contributed by atoms with Crippen LogP contribution in [0.25, 0.3) is 0 Å². The zero-order valence-corrected chi connectivity index (χ0v) is 13.0. The second-order valence-electron chi connectivity index (χ2n) is 5.20. The van der Waals surface area contributed by atoms with Gasteiger partial charge in [0.1, 0.15) is 0 Å². The molecule has 2 aromatic rings. The van der Waals surface area contributed by atoms with Gasteiger partial charge in [-0.1, -0.05) is 0 Å². The fraction of sp³-hybridized carbons (Fsp3) is 0.294. The van der Waals surface area contributed by atoms with Gasteiger partial charge in [0.2, 0.25) is 18.3 Å². The van der Waals surface area contributed by atoms with Crippen molar-refractivity contribution in [3.8, 4) is 34.5 Å². The standard InChI is InChI=1S/C17H18O6/c1-20-13-6-11(7-14(21-2)16(13)19)4-3-10-5-12(18)17-15(8-10)22-9-23-17/h5-8,18-19H,3-4,9H2,1-2H3. The monoisotopic (exact) mass is 318 g/mol. The van der Waals surface area contributed by atoms with Gasteiger partial charge in [0.05, 0.1) is 14.2 Å². The highest BCUT2D eigenvalue weighted by Gasteiger charge is 2.19. The number of methoxy groups -OCH3 is 2. The minimum atomic E-state index is -0.0144. The third kappa shape index (κ3) is 2.92. The van der Waals surface area contributed by atoms with Crippen LogP contribution in [0.5, 0.6) is 34.5 Å². The van der Waals surface area contributed by atoms with Crippen LogP contribution in [0.3, 0.4) is 0 Å².